The molecule has 108 valence electrons. The Morgan fingerprint density at radius 3 is 2.52 bits per heavy atom. The van der Waals surface area contributed by atoms with Crippen molar-refractivity contribution >= 4 is 0 Å². The summed E-state index contributed by atoms with van der Waals surface area (Å²) in [4.78, 5) is 8.91. The van der Waals surface area contributed by atoms with E-state index in [1.165, 1.54) is 0 Å². The van der Waals surface area contributed by atoms with Gasteiger partial charge in [0.1, 0.15) is 17.8 Å². The molecule has 0 radical (unpaired) electrons. The predicted octanol–water partition coefficient (Wildman–Crippen LogP) is 3.21. The molecule has 2 aromatic heterocycles. The highest BCUT2D eigenvalue weighted by atomic mass is 16.5. The second-order valence-corrected chi connectivity index (χ2v) is 4.93. The zero-order valence-corrected chi connectivity index (χ0v) is 12.3. The molecule has 0 saturated carbocycles. The molecule has 0 aliphatic heterocycles. The number of aryl methyl sites for hydroxylation is 2. The highest BCUT2D eigenvalue weighted by Crippen LogP contribution is 2.22. The molecule has 21 heavy (non-hydrogen) atoms. The van der Waals surface area contributed by atoms with E-state index in [2.05, 4.69) is 14.5 Å². The summed E-state index contributed by atoms with van der Waals surface area (Å²) in [6.45, 7) is 4.62. The summed E-state index contributed by atoms with van der Waals surface area (Å²) in [6.07, 6.45) is 3.70. The van der Waals surface area contributed by atoms with E-state index in [0.29, 0.717) is 12.4 Å². The van der Waals surface area contributed by atoms with Gasteiger partial charge in [-0.25, -0.2) is 9.97 Å². The molecule has 2 heterocycles. The third-order valence-corrected chi connectivity index (χ3v) is 3.32. The zero-order chi connectivity index (χ0) is 14.8. The standard InChI is InChI=1S/C16H17N3O2/c1-11-8-19(12(2)17-11)9-14-10-21-16(18-14)13-4-6-15(20-3)7-5-13/h4-8,10H,9H2,1-3H3. The van der Waals surface area contributed by atoms with Crippen LogP contribution in [0.2, 0.25) is 0 Å². The lowest BCUT2D eigenvalue weighted by atomic mass is 10.2. The largest absolute Gasteiger partial charge is 0.497 e. The van der Waals surface area contributed by atoms with Crippen molar-refractivity contribution in [3.63, 3.8) is 0 Å². The van der Waals surface area contributed by atoms with Crippen molar-refractivity contribution in [3.05, 3.63) is 53.9 Å². The van der Waals surface area contributed by atoms with E-state index < -0.39 is 0 Å². The van der Waals surface area contributed by atoms with Crippen LogP contribution in [0.4, 0.5) is 0 Å². The maximum absolute atomic E-state index is 5.56. The minimum Gasteiger partial charge on any atom is -0.497 e. The maximum Gasteiger partial charge on any atom is 0.226 e. The van der Waals surface area contributed by atoms with Gasteiger partial charge in [0, 0.05) is 11.8 Å². The number of imidazole rings is 1. The van der Waals surface area contributed by atoms with E-state index in [1.807, 2.05) is 44.3 Å². The molecule has 0 atom stereocenters. The van der Waals surface area contributed by atoms with Crippen molar-refractivity contribution in [2.24, 2.45) is 0 Å². The number of aromatic nitrogens is 3. The zero-order valence-electron chi connectivity index (χ0n) is 12.3. The SMILES string of the molecule is COc1ccc(-c2nc(Cn3cc(C)nc3C)co2)cc1. The lowest BCUT2D eigenvalue weighted by Gasteiger charge is -2.01. The average Bonchev–Trinajstić information content (AvgIpc) is 3.07. The van der Waals surface area contributed by atoms with Crippen LogP contribution in [-0.4, -0.2) is 21.6 Å². The first-order valence-electron chi connectivity index (χ1n) is 6.75. The predicted molar refractivity (Wildman–Crippen MR) is 79.3 cm³/mol. The monoisotopic (exact) mass is 283 g/mol. The summed E-state index contributed by atoms with van der Waals surface area (Å²) in [5, 5.41) is 0. The van der Waals surface area contributed by atoms with Crippen LogP contribution in [-0.2, 0) is 6.54 Å². The maximum atomic E-state index is 5.56. The third-order valence-electron chi connectivity index (χ3n) is 3.32. The smallest absolute Gasteiger partial charge is 0.226 e. The second kappa shape index (κ2) is 5.44. The van der Waals surface area contributed by atoms with Gasteiger partial charge in [0.05, 0.1) is 25.0 Å². The Bertz CT molecular complexity index is 741. The molecule has 0 aliphatic rings. The highest BCUT2D eigenvalue weighted by molar-refractivity contribution is 5.54. The van der Waals surface area contributed by atoms with Crippen molar-refractivity contribution < 1.29 is 9.15 Å². The first kappa shape index (κ1) is 13.4. The number of nitrogens with zero attached hydrogens (tertiary/aromatic N) is 3. The Kier molecular flexibility index (Phi) is 3.48. The summed E-state index contributed by atoms with van der Waals surface area (Å²) in [5.41, 5.74) is 2.81. The molecule has 3 rings (SSSR count). The van der Waals surface area contributed by atoms with Gasteiger partial charge in [-0.05, 0) is 38.1 Å². The van der Waals surface area contributed by atoms with Crippen LogP contribution in [0.25, 0.3) is 11.5 Å². The number of hydrogen-bond donors (Lipinski definition) is 0. The number of methoxy groups -OCH3 is 1. The van der Waals surface area contributed by atoms with Gasteiger partial charge in [-0.3, -0.25) is 0 Å². The van der Waals surface area contributed by atoms with Gasteiger partial charge in [-0.15, -0.1) is 0 Å². The van der Waals surface area contributed by atoms with Crippen LogP contribution in [0.5, 0.6) is 5.75 Å². The normalized spacial score (nSPS) is 10.8. The van der Waals surface area contributed by atoms with Gasteiger partial charge in [0.15, 0.2) is 0 Å². The molecule has 0 amide bonds. The Morgan fingerprint density at radius 1 is 1.14 bits per heavy atom. The minimum absolute atomic E-state index is 0.613. The van der Waals surface area contributed by atoms with E-state index >= 15 is 0 Å². The van der Waals surface area contributed by atoms with Gasteiger partial charge in [0.2, 0.25) is 5.89 Å². The van der Waals surface area contributed by atoms with E-state index in [-0.39, 0.29) is 0 Å². The van der Waals surface area contributed by atoms with Crippen molar-refractivity contribution in [2.75, 3.05) is 7.11 Å². The fourth-order valence-corrected chi connectivity index (χ4v) is 2.25. The molecule has 3 aromatic rings. The third kappa shape index (κ3) is 2.81. The van der Waals surface area contributed by atoms with Gasteiger partial charge in [0.25, 0.3) is 0 Å². The van der Waals surface area contributed by atoms with E-state index in [4.69, 9.17) is 9.15 Å². The van der Waals surface area contributed by atoms with Crippen molar-refractivity contribution in [1.29, 1.82) is 0 Å². The molecule has 1 aromatic carbocycles. The Hall–Kier alpha value is -2.56. The summed E-state index contributed by atoms with van der Waals surface area (Å²) in [7, 11) is 1.65. The lowest BCUT2D eigenvalue weighted by molar-refractivity contribution is 0.415. The van der Waals surface area contributed by atoms with Crippen LogP contribution in [0.15, 0.2) is 41.1 Å². The summed E-state index contributed by atoms with van der Waals surface area (Å²) in [6, 6.07) is 7.65. The average molecular weight is 283 g/mol. The molecular formula is C16H17N3O2. The summed E-state index contributed by atoms with van der Waals surface area (Å²) >= 11 is 0. The van der Waals surface area contributed by atoms with Gasteiger partial charge >= 0.3 is 0 Å². The number of ether oxygens (including phenoxy) is 1. The summed E-state index contributed by atoms with van der Waals surface area (Å²) < 4.78 is 12.8. The number of benzene rings is 1. The topological polar surface area (TPSA) is 53.1 Å². The molecule has 0 spiro atoms. The minimum atomic E-state index is 0.613. The van der Waals surface area contributed by atoms with Crippen LogP contribution < -0.4 is 4.74 Å². The lowest BCUT2D eigenvalue weighted by Crippen LogP contribution is -2.00. The Morgan fingerprint density at radius 2 is 1.90 bits per heavy atom. The first-order chi connectivity index (χ1) is 10.2. The fourth-order valence-electron chi connectivity index (χ4n) is 2.25. The number of rotatable bonds is 4. The van der Waals surface area contributed by atoms with Crippen molar-refractivity contribution in [2.45, 2.75) is 20.4 Å². The van der Waals surface area contributed by atoms with Crippen LogP contribution >= 0.6 is 0 Å². The summed E-state index contributed by atoms with van der Waals surface area (Å²) in [5.74, 6) is 2.40. The molecular weight excluding hydrogens is 266 g/mol. The number of hydrogen-bond acceptors (Lipinski definition) is 4. The molecule has 0 N–H and O–H groups in total. The van der Waals surface area contributed by atoms with E-state index in [0.717, 1.165) is 28.5 Å². The van der Waals surface area contributed by atoms with Crippen LogP contribution in [0.3, 0.4) is 0 Å². The van der Waals surface area contributed by atoms with Crippen molar-refractivity contribution in [1.82, 2.24) is 14.5 Å². The highest BCUT2D eigenvalue weighted by Gasteiger charge is 2.09. The van der Waals surface area contributed by atoms with Gasteiger partial charge in [-0.2, -0.15) is 0 Å². The Labute approximate surface area is 123 Å². The van der Waals surface area contributed by atoms with E-state index in [9.17, 15) is 0 Å². The first-order valence-corrected chi connectivity index (χ1v) is 6.75. The van der Waals surface area contributed by atoms with Gasteiger partial charge in [-0.1, -0.05) is 0 Å². The molecule has 0 unspecified atom stereocenters. The molecule has 0 saturated heterocycles. The Balaban J connectivity index is 1.80. The molecule has 0 bridgehead atoms. The fraction of sp³-hybridized carbons (Fsp3) is 0.250. The van der Waals surface area contributed by atoms with Crippen molar-refractivity contribution in [3.8, 4) is 17.2 Å². The van der Waals surface area contributed by atoms with Crippen LogP contribution in [0.1, 0.15) is 17.2 Å². The van der Waals surface area contributed by atoms with Crippen LogP contribution in [0, 0.1) is 13.8 Å². The van der Waals surface area contributed by atoms with Gasteiger partial charge < -0.3 is 13.7 Å². The molecule has 5 heteroatoms. The molecule has 0 fully saturated rings. The second-order valence-electron chi connectivity index (χ2n) is 4.93. The number of oxazole rings is 1. The molecule has 0 aliphatic carbocycles. The van der Waals surface area contributed by atoms with E-state index in [1.54, 1.807) is 13.4 Å². The molecule has 5 nitrogen and oxygen atoms in total. The quantitative estimate of drug-likeness (QED) is 0.737.